The van der Waals surface area contributed by atoms with Crippen LogP contribution < -0.4 is 0 Å². The number of ketones is 1. The van der Waals surface area contributed by atoms with Crippen molar-refractivity contribution in [2.45, 2.75) is 51.6 Å². The van der Waals surface area contributed by atoms with Gasteiger partial charge in [0.2, 0.25) is 0 Å². The number of Topliss-reactive ketones (excluding diaryl/α,β-unsaturated/α-hetero) is 1. The second-order valence-electron chi connectivity index (χ2n) is 5.00. The molecule has 0 N–H and O–H groups in total. The van der Waals surface area contributed by atoms with Crippen LogP contribution in [0.15, 0.2) is 22.8 Å². The molecule has 0 spiro atoms. The van der Waals surface area contributed by atoms with Gasteiger partial charge in [0.25, 0.3) is 0 Å². The molecule has 100 valence electrons. The standard InChI is InChI=1S/C15H22O3/c1-2-17-15(12-7-4-3-5-8-12)14(16)11-13-9-6-10-18-13/h6,9-10,12,15H,2-5,7-8,11H2,1H3. The van der Waals surface area contributed by atoms with Gasteiger partial charge in [0.15, 0.2) is 5.78 Å². The van der Waals surface area contributed by atoms with Crippen LogP contribution in [0.25, 0.3) is 0 Å². The molecule has 1 unspecified atom stereocenters. The molecular weight excluding hydrogens is 228 g/mol. The van der Waals surface area contributed by atoms with Gasteiger partial charge in [0, 0.05) is 6.61 Å². The summed E-state index contributed by atoms with van der Waals surface area (Å²) in [4.78, 5) is 12.3. The highest BCUT2D eigenvalue weighted by Crippen LogP contribution is 2.29. The smallest absolute Gasteiger partial charge is 0.169 e. The lowest BCUT2D eigenvalue weighted by Gasteiger charge is -2.28. The molecule has 0 radical (unpaired) electrons. The van der Waals surface area contributed by atoms with Gasteiger partial charge in [-0.25, -0.2) is 0 Å². The van der Waals surface area contributed by atoms with Gasteiger partial charge < -0.3 is 9.15 Å². The molecule has 3 nitrogen and oxygen atoms in total. The van der Waals surface area contributed by atoms with Crippen molar-refractivity contribution in [1.29, 1.82) is 0 Å². The van der Waals surface area contributed by atoms with Crippen molar-refractivity contribution >= 4 is 5.78 Å². The Balaban J connectivity index is 1.97. The molecule has 18 heavy (non-hydrogen) atoms. The highest BCUT2D eigenvalue weighted by molar-refractivity contribution is 5.85. The van der Waals surface area contributed by atoms with Gasteiger partial charge in [0.05, 0.1) is 12.7 Å². The first-order valence-electron chi connectivity index (χ1n) is 6.98. The summed E-state index contributed by atoms with van der Waals surface area (Å²) in [5, 5.41) is 0. The molecular formula is C15H22O3. The molecule has 1 saturated carbocycles. The van der Waals surface area contributed by atoms with Crippen molar-refractivity contribution < 1.29 is 13.9 Å². The van der Waals surface area contributed by atoms with E-state index < -0.39 is 0 Å². The van der Waals surface area contributed by atoms with Crippen LogP contribution in [0.2, 0.25) is 0 Å². The second kappa shape index (κ2) is 6.74. The van der Waals surface area contributed by atoms with E-state index in [0.29, 0.717) is 18.9 Å². The Labute approximate surface area is 109 Å². The molecule has 1 fully saturated rings. The molecule has 2 rings (SSSR count). The predicted octanol–water partition coefficient (Wildman–Crippen LogP) is 3.38. The SMILES string of the molecule is CCOC(C(=O)Cc1ccco1)C1CCCCC1. The van der Waals surface area contributed by atoms with E-state index in [-0.39, 0.29) is 11.9 Å². The molecule has 1 aromatic rings. The first-order valence-corrected chi connectivity index (χ1v) is 6.98. The van der Waals surface area contributed by atoms with Crippen LogP contribution in [0.4, 0.5) is 0 Å². The summed E-state index contributed by atoms with van der Waals surface area (Å²) in [6, 6.07) is 3.67. The second-order valence-corrected chi connectivity index (χ2v) is 5.00. The van der Waals surface area contributed by atoms with Crippen LogP contribution >= 0.6 is 0 Å². The molecule has 1 heterocycles. The fourth-order valence-electron chi connectivity index (χ4n) is 2.79. The van der Waals surface area contributed by atoms with Crippen LogP contribution in [0.1, 0.15) is 44.8 Å². The average Bonchev–Trinajstić information content (AvgIpc) is 2.89. The molecule has 1 aliphatic carbocycles. The zero-order valence-corrected chi connectivity index (χ0v) is 11.1. The average molecular weight is 250 g/mol. The predicted molar refractivity (Wildman–Crippen MR) is 69.4 cm³/mol. The Bertz CT molecular complexity index is 350. The van der Waals surface area contributed by atoms with Gasteiger partial charge in [0.1, 0.15) is 11.9 Å². The summed E-state index contributed by atoms with van der Waals surface area (Å²) < 4.78 is 10.9. The van der Waals surface area contributed by atoms with Crippen molar-refractivity contribution in [3.8, 4) is 0 Å². The van der Waals surface area contributed by atoms with E-state index in [2.05, 4.69) is 0 Å². The number of rotatable bonds is 6. The van der Waals surface area contributed by atoms with E-state index >= 15 is 0 Å². The fraction of sp³-hybridized carbons (Fsp3) is 0.667. The van der Waals surface area contributed by atoms with Crippen LogP contribution in [0.5, 0.6) is 0 Å². The molecule has 3 heteroatoms. The quantitative estimate of drug-likeness (QED) is 0.777. The number of ether oxygens (including phenoxy) is 1. The summed E-state index contributed by atoms with van der Waals surface area (Å²) in [5.41, 5.74) is 0. The van der Waals surface area contributed by atoms with Crippen molar-refractivity contribution in [2.24, 2.45) is 5.92 Å². The van der Waals surface area contributed by atoms with Gasteiger partial charge in [-0.05, 0) is 37.8 Å². The first kappa shape index (κ1) is 13.3. The van der Waals surface area contributed by atoms with Crippen LogP contribution in [-0.2, 0) is 16.0 Å². The lowest BCUT2D eigenvalue weighted by Crippen LogP contribution is -2.35. The topological polar surface area (TPSA) is 39.4 Å². The molecule has 0 aliphatic heterocycles. The van der Waals surface area contributed by atoms with Crippen molar-refractivity contribution in [2.75, 3.05) is 6.61 Å². The van der Waals surface area contributed by atoms with Gasteiger partial charge in [-0.2, -0.15) is 0 Å². The van der Waals surface area contributed by atoms with E-state index in [4.69, 9.17) is 9.15 Å². The normalized spacial score (nSPS) is 18.7. The van der Waals surface area contributed by atoms with E-state index in [1.54, 1.807) is 6.26 Å². The minimum Gasteiger partial charge on any atom is -0.469 e. The first-order chi connectivity index (χ1) is 8.81. The molecule has 0 bridgehead atoms. The molecule has 1 aromatic heterocycles. The van der Waals surface area contributed by atoms with Gasteiger partial charge in [-0.1, -0.05) is 19.3 Å². The number of hydrogen-bond acceptors (Lipinski definition) is 3. The summed E-state index contributed by atoms with van der Waals surface area (Å²) in [7, 11) is 0. The van der Waals surface area contributed by atoms with Crippen molar-refractivity contribution in [1.82, 2.24) is 0 Å². The maximum atomic E-state index is 12.3. The Hall–Kier alpha value is -1.09. The minimum atomic E-state index is -0.236. The molecule has 1 aliphatic rings. The van der Waals surface area contributed by atoms with Gasteiger partial charge >= 0.3 is 0 Å². The highest BCUT2D eigenvalue weighted by atomic mass is 16.5. The largest absolute Gasteiger partial charge is 0.469 e. The number of carbonyl (C=O) groups excluding carboxylic acids is 1. The highest BCUT2D eigenvalue weighted by Gasteiger charge is 2.30. The maximum Gasteiger partial charge on any atom is 0.169 e. The number of carbonyl (C=O) groups is 1. The van der Waals surface area contributed by atoms with E-state index in [1.807, 2.05) is 19.1 Å². The Morgan fingerprint density at radius 1 is 1.44 bits per heavy atom. The summed E-state index contributed by atoms with van der Waals surface area (Å²) in [6.07, 6.45) is 7.71. The van der Waals surface area contributed by atoms with Gasteiger partial charge in [-0.15, -0.1) is 0 Å². The maximum absolute atomic E-state index is 12.3. The third-order valence-corrected chi connectivity index (χ3v) is 3.67. The lowest BCUT2D eigenvalue weighted by atomic mass is 9.83. The van der Waals surface area contributed by atoms with E-state index in [0.717, 1.165) is 18.6 Å². The minimum absolute atomic E-state index is 0.165. The Morgan fingerprint density at radius 3 is 2.83 bits per heavy atom. The van der Waals surface area contributed by atoms with Crippen molar-refractivity contribution in [3.63, 3.8) is 0 Å². The Kier molecular flexibility index (Phi) is 5.00. The summed E-state index contributed by atoms with van der Waals surface area (Å²) in [6.45, 7) is 2.56. The Morgan fingerprint density at radius 2 is 2.22 bits per heavy atom. The fourth-order valence-corrected chi connectivity index (χ4v) is 2.79. The van der Waals surface area contributed by atoms with Crippen molar-refractivity contribution in [3.05, 3.63) is 24.2 Å². The number of hydrogen-bond donors (Lipinski definition) is 0. The van der Waals surface area contributed by atoms with E-state index in [9.17, 15) is 4.79 Å². The molecule has 0 aromatic carbocycles. The third kappa shape index (κ3) is 3.45. The molecule has 1 atom stereocenters. The summed E-state index contributed by atoms with van der Waals surface area (Å²) >= 11 is 0. The van der Waals surface area contributed by atoms with Crippen LogP contribution in [0, 0.1) is 5.92 Å². The van der Waals surface area contributed by atoms with Crippen LogP contribution in [-0.4, -0.2) is 18.5 Å². The van der Waals surface area contributed by atoms with E-state index in [1.165, 1.54) is 19.3 Å². The van der Waals surface area contributed by atoms with Crippen LogP contribution in [0.3, 0.4) is 0 Å². The lowest BCUT2D eigenvalue weighted by molar-refractivity contribution is -0.134. The number of furan rings is 1. The zero-order valence-electron chi connectivity index (χ0n) is 11.1. The monoisotopic (exact) mass is 250 g/mol. The summed E-state index contributed by atoms with van der Waals surface area (Å²) in [5.74, 6) is 1.31. The van der Waals surface area contributed by atoms with Gasteiger partial charge in [-0.3, -0.25) is 4.79 Å². The molecule has 0 amide bonds. The third-order valence-electron chi connectivity index (χ3n) is 3.67. The molecule has 0 saturated heterocycles. The zero-order chi connectivity index (χ0) is 12.8.